The second-order valence-corrected chi connectivity index (χ2v) is 6.87. The van der Waals surface area contributed by atoms with Crippen LogP contribution in [0.15, 0.2) is 34.1 Å². The summed E-state index contributed by atoms with van der Waals surface area (Å²) in [6.07, 6.45) is 0. The van der Waals surface area contributed by atoms with E-state index in [1.54, 1.807) is 11.3 Å². The van der Waals surface area contributed by atoms with Crippen LogP contribution in [0.25, 0.3) is 0 Å². The van der Waals surface area contributed by atoms with Gasteiger partial charge in [-0.25, -0.2) is 0 Å². The number of benzene rings is 1. The minimum Gasteiger partial charge on any atom is -0.454 e. The number of thiophene rings is 1. The number of hydrogen-bond acceptors (Lipinski definition) is 5. The molecule has 3 rings (SSSR count). The lowest BCUT2D eigenvalue weighted by Crippen LogP contribution is -2.29. The van der Waals surface area contributed by atoms with Crippen LogP contribution in [0, 0.1) is 0 Å². The molecule has 0 amide bonds. The molecule has 1 atom stereocenters. The van der Waals surface area contributed by atoms with Crippen LogP contribution in [0.1, 0.15) is 16.5 Å². The topological polar surface area (TPSA) is 47.7 Å². The van der Waals surface area contributed by atoms with Gasteiger partial charge in [0.15, 0.2) is 11.5 Å². The average molecular weight is 369 g/mol. The highest BCUT2D eigenvalue weighted by molar-refractivity contribution is 9.10. The molecule has 0 bridgehead atoms. The normalized spacial score (nSPS) is 14.7. The number of halogens is 1. The summed E-state index contributed by atoms with van der Waals surface area (Å²) in [5.41, 5.74) is 7.14. The van der Waals surface area contributed by atoms with Crippen LogP contribution < -0.4 is 15.2 Å². The molecule has 1 unspecified atom stereocenters. The number of likely N-dealkylation sites (N-methyl/N-ethyl adjacent to an activating group) is 1. The van der Waals surface area contributed by atoms with Crippen LogP contribution in [0.5, 0.6) is 11.5 Å². The minimum atomic E-state index is 0.137. The predicted octanol–water partition coefficient (Wildman–Crippen LogP) is 3.37. The van der Waals surface area contributed by atoms with E-state index in [0.717, 1.165) is 28.1 Å². The number of nitrogens with zero attached hydrogens (tertiary/aromatic N) is 1. The van der Waals surface area contributed by atoms with Crippen LogP contribution in [0.4, 0.5) is 0 Å². The van der Waals surface area contributed by atoms with Crippen LogP contribution in [0.3, 0.4) is 0 Å². The molecule has 4 nitrogen and oxygen atoms in total. The van der Waals surface area contributed by atoms with Gasteiger partial charge in [0, 0.05) is 24.0 Å². The predicted molar refractivity (Wildman–Crippen MR) is 87.8 cm³/mol. The Morgan fingerprint density at radius 2 is 2.29 bits per heavy atom. The zero-order chi connectivity index (χ0) is 14.8. The third-order valence-corrected chi connectivity index (χ3v) is 5.03. The summed E-state index contributed by atoms with van der Waals surface area (Å²) in [4.78, 5) is 3.59. The van der Waals surface area contributed by atoms with Crippen molar-refractivity contribution in [1.29, 1.82) is 0 Å². The lowest BCUT2D eigenvalue weighted by Gasteiger charge is -2.27. The van der Waals surface area contributed by atoms with E-state index in [4.69, 9.17) is 15.2 Å². The van der Waals surface area contributed by atoms with Gasteiger partial charge < -0.3 is 15.2 Å². The fourth-order valence-corrected chi connectivity index (χ4v) is 3.85. The molecule has 0 radical (unpaired) electrons. The maximum atomic E-state index is 6.00. The van der Waals surface area contributed by atoms with E-state index in [1.165, 1.54) is 4.88 Å². The number of hydrogen-bond donors (Lipinski definition) is 1. The monoisotopic (exact) mass is 368 g/mol. The Kier molecular flexibility index (Phi) is 4.49. The molecule has 0 saturated carbocycles. The van der Waals surface area contributed by atoms with Gasteiger partial charge in [-0.1, -0.05) is 6.07 Å². The van der Waals surface area contributed by atoms with E-state index < -0.39 is 0 Å². The number of rotatable bonds is 5. The van der Waals surface area contributed by atoms with E-state index in [9.17, 15) is 0 Å². The van der Waals surface area contributed by atoms with Crippen molar-refractivity contribution in [3.05, 3.63) is 44.6 Å². The lowest BCUT2D eigenvalue weighted by atomic mass is 10.0. The van der Waals surface area contributed by atoms with Crippen molar-refractivity contribution in [3.63, 3.8) is 0 Å². The fourth-order valence-electron chi connectivity index (χ4n) is 2.51. The quantitative estimate of drug-likeness (QED) is 0.878. The van der Waals surface area contributed by atoms with Gasteiger partial charge in [0.1, 0.15) is 0 Å². The molecule has 1 aromatic carbocycles. The Hall–Kier alpha value is -1.08. The highest BCUT2D eigenvalue weighted by atomic mass is 79.9. The van der Waals surface area contributed by atoms with E-state index in [-0.39, 0.29) is 12.8 Å². The first-order chi connectivity index (χ1) is 10.2. The van der Waals surface area contributed by atoms with Crippen LogP contribution in [-0.2, 0) is 6.54 Å². The summed E-state index contributed by atoms with van der Waals surface area (Å²) in [5.74, 6) is 1.55. The van der Waals surface area contributed by atoms with Gasteiger partial charge in [-0.2, -0.15) is 0 Å². The van der Waals surface area contributed by atoms with E-state index >= 15 is 0 Å². The van der Waals surface area contributed by atoms with Crippen molar-refractivity contribution in [2.45, 2.75) is 12.6 Å². The fraction of sp³-hybridized carbons (Fsp3) is 0.333. The molecule has 21 heavy (non-hydrogen) atoms. The first-order valence-corrected chi connectivity index (χ1v) is 8.38. The van der Waals surface area contributed by atoms with Gasteiger partial charge in [-0.05, 0) is 52.1 Å². The molecule has 112 valence electrons. The third kappa shape index (κ3) is 3.08. The highest BCUT2D eigenvalue weighted by Gasteiger charge is 2.23. The Labute approximate surface area is 136 Å². The SMILES string of the molecule is CN(Cc1cccs1)C(CN)c1cc(Br)c2c(c1)OCO2. The van der Waals surface area contributed by atoms with Gasteiger partial charge in [0.25, 0.3) is 0 Å². The van der Waals surface area contributed by atoms with Gasteiger partial charge in [0.2, 0.25) is 6.79 Å². The van der Waals surface area contributed by atoms with Gasteiger partial charge in [-0.15, -0.1) is 11.3 Å². The number of ether oxygens (including phenoxy) is 2. The second-order valence-electron chi connectivity index (χ2n) is 4.98. The second kappa shape index (κ2) is 6.36. The Bertz CT molecular complexity index is 618. The summed E-state index contributed by atoms with van der Waals surface area (Å²) >= 11 is 5.30. The molecule has 1 aromatic heterocycles. The van der Waals surface area contributed by atoms with E-state index in [0.29, 0.717) is 6.54 Å². The molecule has 2 heterocycles. The van der Waals surface area contributed by atoms with Crippen molar-refractivity contribution < 1.29 is 9.47 Å². The maximum Gasteiger partial charge on any atom is 0.231 e. The van der Waals surface area contributed by atoms with Crippen molar-refractivity contribution >= 4 is 27.3 Å². The van der Waals surface area contributed by atoms with E-state index in [1.807, 2.05) is 6.07 Å². The zero-order valence-corrected chi connectivity index (χ0v) is 14.1. The van der Waals surface area contributed by atoms with Crippen molar-refractivity contribution in [3.8, 4) is 11.5 Å². The molecule has 2 N–H and O–H groups in total. The van der Waals surface area contributed by atoms with Gasteiger partial charge in [0.05, 0.1) is 4.47 Å². The molecule has 0 spiro atoms. The minimum absolute atomic E-state index is 0.137. The standard InChI is InChI=1S/C15H17BrN2O2S/c1-18(8-11-3-2-4-21-11)13(7-17)10-5-12(16)15-14(6-10)19-9-20-15/h2-6,13H,7-9,17H2,1H3. The summed E-state index contributed by atoms with van der Waals surface area (Å²) < 4.78 is 11.8. The Balaban J connectivity index is 1.84. The molecular formula is C15H17BrN2O2S. The smallest absolute Gasteiger partial charge is 0.231 e. The van der Waals surface area contributed by atoms with Crippen molar-refractivity contribution in [2.24, 2.45) is 5.73 Å². The molecule has 0 saturated heterocycles. The summed E-state index contributed by atoms with van der Waals surface area (Å²) in [7, 11) is 2.09. The summed E-state index contributed by atoms with van der Waals surface area (Å²) in [6.45, 7) is 1.70. The first-order valence-electron chi connectivity index (χ1n) is 6.70. The molecule has 0 aliphatic carbocycles. The van der Waals surface area contributed by atoms with E-state index in [2.05, 4.69) is 51.5 Å². The van der Waals surface area contributed by atoms with Gasteiger partial charge >= 0.3 is 0 Å². The summed E-state index contributed by atoms with van der Waals surface area (Å²) in [6, 6.07) is 8.44. The largest absolute Gasteiger partial charge is 0.454 e. The molecular weight excluding hydrogens is 352 g/mol. The summed E-state index contributed by atoms with van der Waals surface area (Å²) in [5, 5.41) is 2.10. The molecule has 2 aromatic rings. The van der Waals surface area contributed by atoms with Crippen LogP contribution in [-0.4, -0.2) is 25.3 Å². The lowest BCUT2D eigenvalue weighted by molar-refractivity contribution is 0.173. The molecule has 6 heteroatoms. The van der Waals surface area contributed by atoms with Crippen LogP contribution >= 0.6 is 27.3 Å². The number of fused-ring (bicyclic) bond motifs is 1. The first kappa shape index (κ1) is 14.8. The third-order valence-electron chi connectivity index (χ3n) is 3.57. The molecule has 0 fully saturated rings. The van der Waals surface area contributed by atoms with Crippen molar-refractivity contribution in [1.82, 2.24) is 4.90 Å². The van der Waals surface area contributed by atoms with Crippen molar-refractivity contribution in [2.75, 3.05) is 20.4 Å². The van der Waals surface area contributed by atoms with Crippen LogP contribution in [0.2, 0.25) is 0 Å². The number of nitrogens with two attached hydrogens (primary N) is 1. The highest BCUT2D eigenvalue weighted by Crippen LogP contribution is 2.41. The molecule has 1 aliphatic heterocycles. The molecule has 1 aliphatic rings. The maximum absolute atomic E-state index is 6.00. The average Bonchev–Trinajstić information content (AvgIpc) is 3.10. The Morgan fingerprint density at radius 3 is 3.00 bits per heavy atom. The Morgan fingerprint density at radius 1 is 1.43 bits per heavy atom. The zero-order valence-electron chi connectivity index (χ0n) is 11.7. The van der Waals surface area contributed by atoms with Gasteiger partial charge in [-0.3, -0.25) is 4.90 Å².